The zero-order valence-electron chi connectivity index (χ0n) is 12.4. The first-order valence-corrected chi connectivity index (χ1v) is 6.97. The number of nitrogens with zero attached hydrogens (tertiary/aromatic N) is 4. The smallest absolute Gasteiger partial charge is 0.247 e. The number of aryl methyl sites for hydroxylation is 2. The lowest BCUT2D eigenvalue weighted by molar-refractivity contribution is 0.161. The van der Waals surface area contributed by atoms with Crippen LogP contribution in [0.2, 0.25) is 0 Å². The number of tetrazole rings is 1. The van der Waals surface area contributed by atoms with Crippen molar-refractivity contribution in [3.63, 3.8) is 0 Å². The minimum atomic E-state index is -0.767. The normalized spacial score (nSPS) is 12.3. The molecule has 22 heavy (non-hydrogen) atoms. The molecule has 7 nitrogen and oxygen atoms in total. The molecule has 0 bridgehead atoms. The maximum Gasteiger partial charge on any atom is 0.247 e. The Hall–Kier alpha value is -2.67. The van der Waals surface area contributed by atoms with Gasteiger partial charge in [0, 0.05) is 0 Å². The second kappa shape index (κ2) is 5.98. The molecule has 0 fully saturated rings. The third-order valence-electron chi connectivity index (χ3n) is 3.29. The lowest BCUT2D eigenvalue weighted by Crippen LogP contribution is -2.15. The van der Waals surface area contributed by atoms with Gasteiger partial charge in [-0.2, -0.15) is 4.68 Å². The van der Waals surface area contributed by atoms with Crippen LogP contribution in [0.15, 0.2) is 40.8 Å². The van der Waals surface area contributed by atoms with Crippen LogP contribution in [-0.2, 0) is 0 Å². The summed E-state index contributed by atoms with van der Waals surface area (Å²) in [6.45, 7) is 4.10. The number of nitrogens with one attached hydrogen (secondary N) is 1. The van der Waals surface area contributed by atoms with E-state index in [0.717, 1.165) is 17.0 Å². The van der Waals surface area contributed by atoms with Crippen LogP contribution in [0.5, 0.6) is 0 Å². The van der Waals surface area contributed by atoms with E-state index in [4.69, 9.17) is 4.42 Å². The van der Waals surface area contributed by atoms with Gasteiger partial charge in [0.15, 0.2) is 0 Å². The Kier molecular flexibility index (Phi) is 3.88. The second-order valence-electron chi connectivity index (χ2n) is 5.09. The van der Waals surface area contributed by atoms with Gasteiger partial charge in [0.05, 0.1) is 12.2 Å². The molecule has 7 heteroatoms. The number of aliphatic hydroxyl groups is 1. The average molecular weight is 299 g/mol. The molecular formula is C15H17N5O2. The van der Waals surface area contributed by atoms with Crippen LogP contribution in [0.1, 0.15) is 23.2 Å². The summed E-state index contributed by atoms with van der Waals surface area (Å²) in [5.41, 5.74) is 2.01. The zero-order valence-corrected chi connectivity index (χ0v) is 12.4. The van der Waals surface area contributed by atoms with E-state index in [1.807, 2.05) is 44.2 Å². The molecule has 1 aromatic carbocycles. The molecule has 0 amide bonds. The highest BCUT2D eigenvalue weighted by Crippen LogP contribution is 2.17. The van der Waals surface area contributed by atoms with Crippen LogP contribution in [0.3, 0.4) is 0 Å². The highest BCUT2D eigenvalue weighted by atomic mass is 16.4. The molecule has 0 aliphatic carbocycles. The number of benzene rings is 1. The summed E-state index contributed by atoms with van der Waals surface area (Å²) in [6.07, 6.45) is -0.767. The molecule has 0 aliphatic rings. The number of anilines is 1. The van der Waals surface area contributed by atoms with E-state index >= 15 is 0 Å². The summed E-state index contributed by atoms with van der Waals surface area (Å²) >= 11 is 0. The van der Waals surface area contributed by atoms with Gasteiger partial charge >= 0.3 is 0 Å². The highest BCUT2D eigenvalue weighted by molar-refractivity contribution is 5.40. The van der Waals surface area contributed by atoms with Crippen molar-refractivity contribution in [1.29, 1.82) is 0 Å². The third kappa shape index (κ3) is 2.99. The molecule has 2 aromatic heterocycles. The molecule has 0 radical (unpaired) electrons. The van der Waals surface area contributed by atoms with Crippen molar-refractivity contribution in [2.75, 3.05) is 11.9 Å². The number of aliphatic hydroxyl groups excluding tert-OH is 1. The molecular weight excluding hydrogens is 282 g/mol. The maximum atomic E-state index is 10.1. The molecule has 2 heterocycles. The minimum absolute atomic E-state index is 0.249. The minimum Gasteiger partial charge on any atom is -0.464 e. The van der Waals surface area contributed by atoms with Gasteiger partial charge in [0.25, 0.3) is 0 Å². The van der Waals surface area contributed by atoms with E-state index in [0.29, 0.717) is 11.7 Å². The molecule has 0 aliphatic heterocycles. The van der Waals surface area contributed by atoms with Gasteiger partial charge in [-0.1, -0.05) is 22.8 Å². The maximum absolute atomic E-state index is 10.1. The molecule has 1 atom stereocenters. The fourth-order valence-electron chi connectivity index (χ4n) is 2.08. The van der Waals surface area contributed by atoms with E-state index in [2.05, 4.69) is 20.8 Å². The fourth-order valence-corrected chi connectivity index (χ4v) is 2.08. The fraction of sp³-hybridized carbons (Fsp3) is 0.267. The Bertz CT molecular complexity index is 747. The summed E-state index contributed by atoms with van der Waals surface area (Å²) in [4.78, 5) is 0. The van der Waals surface area contributed by atoms with Crippen LogP contribution >= 0.6 is 0 Å². The van der Waals surface area contributed by atoms with Crippen LogP contribution in [0.4, 0.5) is 5.95 Å². The number of furan rings is 1. The van der Waals surface area contributed by atoms with Gasteiger partial charge in [-0.3, -0.25) is 0 Å². The van der Waals surface area contributed by atoms with Crippen molar-refractivity contribution in [2.24, 2.45) is 0 Å². The van der Waals surface area contributed by atoms with E-state index in [1.54, 1.807) is 10.7 Å². The van der Waals surface area contributed by atoms with Crippen LogP contribution < -0.4 is 5.32 Å². The van der Waals surface area contributed by atoms with Gasteiger partial charge in [-0.05, 0) is 48.5 Å². The number of hydrogen-bond donors (Lipinski definition) is 2. The Labute approximate surface area is 127 Å². The molecule has 0 saturated heterocycles. The summed E-state index contributed by atoms with van der Waals surface area (Å²) in [6, 6.07) is 11.4. The van der Waals surface area contributed by atoms with Crippen molar-refractivity contribution in [1.82, 2.24) is 20.2 Å². The van der Waals surface area contributed by atoms with Crippen molar-refractivity contribution >= 4 is 5.95 Å². The van der Waals surface area contributed by atoms with Gasteiger partial charge in [0.1, 0.15) is 17.6 Å². The highest BCUT2D eigenvalue weighted by Gasteiger charge is 2.14. The van der Waals surface area contributed by atoms with Gasteiger partial charge in [-0.15, -0.1) is 0 Å². The summed E-state index contributed by atoms with van der Waals surface area (Å²) in [5.74, 6) is 1.74. The van der Waals surface area contributed by atoms with Crippen LogP contribution in [-0.4, -0.2) is 31.9 Å². The molecule has 3 rings (SSSR count). The monoisotopic (exact) mass is 299 g/mol. The zero-order chi connectivity index (χ0) is 15.5. The van der Waals surface area contributed by atoms with Crippen LogP contribution in [0.25, 0.3) is 5.69 Å². The van der Waals surface area contributed by atoms with Crippen molar-refractivity contribution in [3.8, 4) is 5.69 Å². The second-order valence-corrected chi connectivity index (χ2v) is 5.09. The lowest BCUT2D eigenvalue weighted by atomic mass is 10.2. The van der Waals surface area contributed by atoms with Gasteiger partial charge in [-0.25, -0.2) is 0 Å². The first kappa shape index (κ1) is 14.3. The first-order valence-electron chi connectivity index (χ1n) is 6.97. The molecule has 1 unspecified atom stereocenters. The topological polar surface area (TPSA) is 89.0 Å². The Morgan fingerprint density at radius 2 is 1.95 bits per heavy atom. The standard InChI is InChI=1S/C15H17N5O2/c1-10-3-6-12(7-4-10)20-15(17-18-19-20)16-9-13(21)14-8-5-11(2)22-14/h3-8,13,21H,9H2,1-2H3,(H,16,17,19). The molecule has 2 N–H and O–H groups in total. The Morgan fingerprint density at radius 3 is 2.64 bits per heavy atom. The van der Waals surface area contributed by atoms with E-state index < -0.39 is 6.10 Å². The Morgan fingerprint density at radius 1 is 1.18 bits per heavy atom. The van der Waals surface area contributed by atoms with Gasteiger partial charge in [0.2, 0.25) is 5.95 Å². The predicted octanol–water partition coefficient (Wildman–Crippen LogP) is 2.02. The summed E-state index contributed by atoms with van der Waals surface area (Å²) in [7, 11) is 0. The quantitative estimate of drug-likeness (QED) is 0.749. The van der Waals surface area contributed by atoms with E-state index in [9.17, 15) is 5.11 Å². The summed E-state index contributed by atoms with van der Waals surface area (Å²) < 4.78 is 6.98. The largest absolute Gasteiger partial charge is 0.464 e. The molecule has 0 saturated carbocycles. The van der Waals surface area contributed by atoms with E-state index in [-0.39, 0.29) is 6.54 Å². The average Bonchev–Trinajstić information content (AvgIpc) is 3.14. The SMILES string of the molecule is Cc1ccc(-n2nnnc2NCC(O)c2ccc(C)o2)cc1. The predicted molar refractivity (Wildman–Crippen MR) is 80.8 cm³/mol. The number of rotatable bonds is 5. The molecule has 0 spiro atoms. The molecule has 114 valence electrons. The van der Waals surface area contributed by atoms with Crippen molar-refractivity contribution < 1.29 is 9.52 Å². The summed E-state index contributed by atoms with van der Waals surface area (Å²) in [5, 5.41) is 24.7. The lowest BCUT2D eigenvalue weighted by Gasteiger charge is -2.10. The van der Waals surface area contributed by atoms with E-state index in [1.165, 1.54) is 0 Å². The van der Waals surface area contributed by atoms with Gasteiger partial charge < -0.3 is 14.8 Å². The first-order chi connectivity index (χ1) is 10.6. The van der Waals surface area contributed by atoms with Crippen LogP contribution in [0, 0.1) is 13.8 Å². The number of aromatic nitrogens is 4. The van der Waals surface area contributed by atoms with Crippen molar-refractivity contribution in [2.45, 2.75) is 20.0 Å². The Balaban J connectivity index is 1.71. The number of hydrogen-bond acceptors (Lipinski definition) is 6. The third-order valence-corrected chi connectivity index (χ3v) is 3.29. The van der Waals surface area contributed by atoms with Crippen molar-refractivity contribution in [3.05, 3.63) is 53.5 Å². The molecule has 3 aromatic rings.